The number of carbonyl (C=O) groups is 19. The summed E-state index contributed by atoms with van der Waals surface area (Å²) in [6, 6.07) is 0. The van der Waals surface area contributed by atoms with E-state index < -0.39 is 236 Å². The zero-order valence-electron chi connectivity index (χ0n) is 85.0. The van der Waals surface area contributed by atoms with Crippen molar-refractivity contribution in [3.63, 3.8) is 0 Å². The Balaban J connectivity index is -0.000000161. The van der Waals surface area contributed by atoms with Crippen LogP contribution in [0.15, 0.2) is 0 Å². The number of rotatable bonds is 65. The third kappa shape index (κ3) is 126. The van der Waals surface area contributed by atoms with Gasteiger partial charge in [0, 0.05) is 39.3 Å². The van der Waals surface area contributed by atoms with Gasteiger partial charge in [0.25, 0.3) is 0 Å². The number of carboxylic acid groups (broad SMARTS) is 14. The van der Waals surface area contributed by atoms with Gasteiger partial charge in [-0.2, -0.15) is 0 Å². The lowest BCUT2D eigenvalue weighted by Gasteiger charge is -2.24. The Morgan fingerprint density at radius 2 is 0.377 bits per heavy atom. The number of ether oxygens (including phenoxy) is 2. The van der Waals surface area contributed by atoms with Gasteiger partial charge >= 0.3 is 101 Å². The first-order valence-corrected chi connectivity index (χ1v) is 46.5. The first kappa shape index (κ1) is 151. The first-order valence-electron chi connectivity index (χ1n) is 45.2. The van der Waals surface area contributed by atoms with Crippen LogP contribution in [-0.4, -0.2) is 535 Å². The molecule has 0 bridgehead atoms. The minimum atomic E-state index is -1.34. The number of aliphatic carboxylic acids is 14. The van der Waals surface area contributed by atoms with Gasteiger partial charge in [0.15, 0.2) is 0 Å². The molecule has 0 heterocycles. The molecule has 0 aliphatic carbocycles. The molecule has 0 aromatic carbocycles. The van der Waals surface area contributed by atoms with Gasteiger partial charge in [-0.05, 0) is 131 Å². The van der Waals surface area contributed by atoms with Crippen LogP contribution >= 0.6 is 22.4 Å². The fourth-order valence-corrected chi connectivity index (χ4v) is 10.5. The lowest BCUT2D eigenvalue weighted by Crippen LogP contribution is -2.47. The summed E-state index contributed by atoms with van der Waals surface area (Å²) in [4.78, 5) is 227. The predicted molar refractivity (Wildman–Crippen MR) is 521 cm³/mol. The molecule has 3 amide bonds. The van der Waals surface area contributed by atoms with E-state index in [1.165, 1.54) is 125 Å². The molecule has 0 unspecified atom stereocenters. The number of nitrogens with zero attached hydrogens (tertiary/aromatic N) is 13. The number of amides is 3. The highest BCUT2D eigenvalue weighted by Crippen LogP contribution is 2.00. The zero-order chi connectivity index (χ0) is 110. The average molecular weight is 2120 g/mol. The topological polar surface area (TPSA) is 704 Å². The van der Waals surface area contributed by atoms with Crippen LogP contribution in [0.2, 0.25) is 6.82 Å². The van der Waals surface area contributed by atoms with Crippen LogP contribution in [0.25, 0.3) is 0 Å². The van der Waals surface area contributed by atoms with Crippen molar-refractivity contribution in [2.45, 2.75) is 145 Å². The van der Waals surface area contributed by atoms with E-state index in [4.69, 9.17) is 71.5 Å². The average Bonchev–Trinajstić information content (AvgIpc) is 0.563. The second kappa shape index (κ2) is 103. The SMILES string of the molecule is CB(F)I.CC(C)COC(=O)OC(=O)CN(CC(=O)O)CC(=O)O.CCN(CC)CC.CCN(CC)CC.CCN(CC)CC.CCN(CC)CC.CCN(CC)CC.CCN(CC)CC.O=C(O)CN(CC(=O)O)CC(=O)NCCN(CCNC(=O)CN(CC(=O)O)CC(=O)O)CCNC(=O)CN(CC(=O)O)CC(=O)O.O=C(O)CN(CC(=O)O)CC(=O)O.O=C(O)CN(CC(=O)O)CC(=O)O. The van der Waals surface area contributed by atoms with Crippen LogP contribution in [0.3, 0.4) is 0 Å². The van der Waals surface area contributed by atoms with Crippen molar-refractivity contribution in [2.24, 2.45) is 5.92 Å². The van der Waals surface area contributed by atoms with Gasteiger partial charge in [-0.25, -0.2) is 4.79 Å². The summed E-state index contributed by atoms with van der Waals surface area (Å²) in [6.45, 7) is 54.7. The number of halogens is 2. The van der Waals surface area contributed by atoms with E-state index in [2.05, 4.69) is 179 Å². The van der Waals surface area contributed by atoms with E-state index in [0.29, 0.717) is 0 Å². The van der Waals surface area contributed by atoms with E-state index in [-0.39, 0.29) is 51.8 Å². The summed E-state index contributed by atoms with van der Waals surface area (Å²) in [6.07, 6.45) is -1.20. The van der Waals surface area contributed by atoms with Gasteiger partial charge in [-0.15, -0.1) is 22.4 Å². The molecule has 54 heteroatoms. The highest BCUT2D eigenvalue weighted by Gasteiger charge is 2.24. The normalized spacial score (nSPS) is 10.4. The number of carboxylic acids is 14. The molecule has 0 aromatic heterocycles. The molecule has 0 aliphatic rings. The third-order valence-electron chi connectivity index (χ3n) is 17.5. The van der Waals surface area contributed by atoms with Crippen LogP contribution < -0.4 is 16.0 Å². The minimum absolute atomic E-state index is 0.0370. The highest BCUT2D eigenvalue weighted by atomic mass is 127. The van der Waals surface area contributed by atoms with E-state index in [1.807, 2.05) is 0 Å². The summed E-state index contributed by atoms with van der Waals surface area (Å²) in [5.74, 6) is -21.3. The number of hydrogen-bond donors (Lipinski definition) is 17. The van der Waals surface area contributed by atoms with Crippen molar-refractivity contribution in [2.75, 3.05) is 281 Å². The summed E-state index contributed by atoms with van der Waals surface area (Å²) < 4.78 is 19.8. The van der Waals surface area contributed by atoms with Crippen molar-refractivity contribution in [1.82, 2.24) is 79.6 Å². The van der Waals surface area contributed by atoms with Crippen molar-refractivity contribution >= 4 is 141 Å². The first-order chi connectivity index (χ1) is 64.3. The summed E-state index contributed by atoms with van der Waals surface area (Å²) in [7, 11) is 0. The van der Waals surface area contributed by atoms with Crippen LogP contribution in [0.4, 0.5) is 9.11 Å². The van der Waals surface area contributed by atoms with Crippen molar-refractivity contribution in [1.29, 1.82) is 0 Å². The third-order valence-corrected chi connectivity index (χ3v) is 17.5. The Kier molecular flexibility index (Phi) is 113. The summed E-state index contributed by atoms with van der Waals surface area (Å²) >= 11 is 1.68. The molecule has 0 saturated heterocycles. The van der Waals surface area contributed by atoms with Crippen LogP contribution in [0, 0.1) is 5.92 Å². The molecule has 0 aromatic rings. The minimum Gasteiger partial charge on any atom is -0.480 e. The molecule has 0 radical (unpaired) electrons. The maximum absolute atomic E-state index is 12.3. The lowest BCUT2D eigenvalue weighted by molar-refractivity contribution is -0.148. The van der Waals surface area contributed by atoms with E-state index in [9.17, 15) is 95.4 Å². The molecule has 810 valence electrons. The number of esters is 1. The molecule has 0 fully saturated rings. The Hall–Kier alpha value is -9.87. The van der Waals surface area contributed by atoms with Gasteiger partial charge in [0.05, 0.1) is 124 Å². The Morgan fingerprint density at radius 3 is 0.493 bits per heavy atom. The molecule has 0 saturated carbocycles. The summed E-state index contributed by atoms with van der Waals surface area (Å²) in [5, 5.41) is 128. The second-order valence-electron chi connectivity index (χ2n) is 28.9. The molecule has 0 spiro atoms. The molecular weight excluding hydrogens is 1950 g/mol. The largest absolute Gasteiger partial charge is 0.516 e. The quantitative estimate of drug-likeness (QED) is 0.0171. The Labute approximate surface area is 825 Å². The van der Waals surface area contributed by atoms with Crippen molar-refractivity contribution in [3.8, 4) is 0 Å². The maximum Gasteiger partial charge on any atom is 0.516 e. The molecule has 0 rings (SSSR count). The van der Waals surface area contributed by atoms with Crippen molar-refractivity contribution in [3.05, 3.63) is 0 Å². The standard InChI is InChI=1S/C24H39N7O15.C11H17NO8.2C6H9NO6.6C6H15N.CH3BFI/c32-16(7-29(10-19(35)36)11-20(37)38)25-1-4-28(5-2-26-17(33)8-30(12-21(39)40)13-22(41)42)6-3-27-18(34)9-31(14-23(43)44)15-24(45)46;1-7(2)6-19-11(18)20-10(17)5-12(3-8(13)14)4-9(15)16;2*8-4(9)1-7(2-5(10)11)3-6(12)13;6*1-4-7(5-2)6-3;1-2(3)4/h1-15H2,(H,25,32)(H,26,33)(H,27,34)(H,35,36)(H,37,38)(H,39,40)(H,41,42)(H,43,44)(H,45,46);7H,3-6H2,1-2H3,(H,13,14)(H,15,16);2*1-3H2,(H,8,9)(H,10,11)(H,12,13);6*4-6H2,1-3H3;1H3. The molecule has 0 aliphatic heterocycles. The lowest BCUT2D eigenvalue weighted by atomic mass is 10.2. The monoisotopic (exact) mass is 2120 g/mol. The van der Waals surface area contributed by atoms with Gasteiger partial charge in [0.2, 0.25) is 17.7 Å². The van der Waals surface area contributed by atoms with Crippen LogP contribution in [-0.2, 0) is 95.8 Å². The van der Waals surface area contributed by atoms with Crippen LogP contribution in [0.1, 0.15) is 138 Å². The fraction of sp³-hybridized carbons (Fsp3) is 0.774. The van der Waals surface area contributed by atoms with E-state index in [0.717, 1.165) is 29.4 Å². The fourth-order valence-electron chi connectivity index (χ4n) is 10.5. The molecule has 17 N–H and O–H groups in total. The highest BCUT2D eigenvalue weighted by molar-refractivity contribution is 14.1. The van der Waals surface area contributed by atoms with E-state index >= 15 is 0 Å². The Morgan fingerprint density at radius 1 is 0.246 bits per heavy atom. The number of carbonyl (C=O) groups excluding carboxylic acids is 5. The Bertz CT molecular complexity index is 2830. The molecule has 0 atom stereocenters. The van der Waals surface area contributed by atoms with Crippen LogP contribution in [0.5, 0.6) is 0 Å². The smallest absolute Gasteiger partial charge is 0.480 e. The predicted octanol–water partition coefficient (Wildman–Crippen LogP) is 0.526. The van der Waals surface area contributed by atoms with E-state index in [1.54, 1.807) is 41.1 Å². The van der Waals surface area contributed by atoms with Gasteiger partial charge in [-0.1, -0.05) is 138 Å². The maximum atomic E-state index is 12.3. The van der Waals surface area contributed by atoms with Gasteiger partial charge in [-0.3, -0.25) is 121 Å². The molecular formula is C84H167BFIN16O35. The zero-order valence-corrected chi connectivity index (χ0v) is 87.1. The second-order valence-corrected chi connectivity index (χ2v) is 30.7. The van der Waals surface area contributed by atoms with Gasteiger partial charge in [0.1, 0.15) is 0 Å². The van der Waals surface area contributed by atoms with Gasteiger partial charge < -0.3 is 131 Å². The summed E-state index contributed by atoms with van der Waals surface area (Å²) in [5.41, 5.74) is 0. The van der Waals surface area contributed by atoms with Crippen molar-refractivity contribution < 1.29 is 176 Å². The number of hydrogen-bond acceptors (Lipinski definition) is 34. The molecule has 51 nitrogen and oxygen atoms in total. The number of nitrogens with one attached hydrogen (secondary N) is 3. The molecule has 138 heavy (non-hydrogen) atoms.